The molecule has 124 valence electrons. The molecule has 0 fully saturated rings. The summed E-state index contributed by atoms with van der Waals surface area (Å²) < 4.78 is 0. The van der Waals surface area contributed by atoms with Crippen LogP contribution in [0.4, 0.5) is 0 Å². The van der Waals surface area contributed by atoms with Crippen molar-refractivity contribution in [2.24, 2.45) is 0 Å². The van der Waals surface area contributed by atoms with Gasteiger partial charge in [-0.1, -0.05) is 54.6 Å². The number of rotatable bonds is 5. The van der Waals surface area contributed by atoms with Crippen molar-refractivity contribution >= 4 is 28.1 Å². The van der Waals surface area contributed by atoms with E-state index in [9.17, 15) is 4.79 Å². The highest BCUT2D eigenvalue weighted by Gasteiger charge is 2.19. The molecule has 0 aliphatic rings. The summed E-state index contributed by atoms with van der Waals surface area (Å²) >= 11 is 1.46. The lowest BCUT2D eigenvalue weighted by Crippen LogP contribution is -2.28. The normalized spacial score (nSPS) is 12.2. The van der Waals surface area contributed by atoms with Gasteiger partial charge in [-0.3, -0.25) is 4.79 Å². The van der Waals surface area contributed by atoms with Crippen LogP contribution in [0.2, 0.25) is 0 Å². The van der Waals surface area contributed by atoms with E-state index in [-0.39, 0.29) is 11.8 Å². The van der Waals surface area contributed by atoms with Crippen LogP contribution in [0.1, 0.15) is 26.7 Å². The van der Waals surface area contributed by atoms with Crippen LogP contribution in [-0.4, -0.2) is 17.4 Å². The maximum absolute atomic E-state index is 12.4. The molecule has 4 aromatic rings. The third kappa shape index (κ3) is 3.21. The molecule has 4 rings (SSSR count). The van der Waals surface area contributed by atoms with Crippen molar-refractivity contribution in [3.8, 4) is 0 Å². The van der Waals surface area contributed by atoms with Gasteiger partial charge in [-0.15, -0.1) is 11.3 Å². The molecule has 0 aliphatic heterocycles. The third-order valence-electron chi connectivity index (χ3n) is 4.41. The number of hydrogen-bond donors (Lipinski definition) is 2. The fourth-order valence-electron chi connectivity index (χ4n) is 3.16. The zero-order valence-electron chi connectivity index (χ0n) is 13.6. The quantitative estimate of drug-likeness (QED) is 0.536. The van der Waals surface area contributed by atoms with E-state index in [2.05, 4.69) is 40.8 Å². The van der Waals surface area contributed by atoms with Crippen LogP contribution in [0.15, 0.2) is 78.3 Å². The van der Waals surface area contributed by atoms with Gasteiger partial charge in [-0.25, -0.2) is 0 Å². The van der Waals surface area contributed by atoms with E-state index in [0.717, 1.165) is 10.4 Å². The summed E-state index contributed by atoms with van der Waals surface area (Å²) in [5, 5.41) is 6.21. The Morgan fingerprint density at radius 2 is 1.80 bits per heavy atom. The summed E-state index contributed by atoms with van der Waals surface area (Å²) in [5.74, 6) is 0.0806. The molecule has 2 N–H and O–H groups in total. The van der Waals surface area contributed by atoms with E-state index in [4.69, 9.17) is 0 Å². The van der Waals surface area contributed by atoms with Gasteiger partial charge in [0.15, 0.2) is 0 Å². The number of hydrogen-bond acceptors (Lipinski definition) is 2. The Balaban J connectivity index is 1.66. The number of benzene rings is 2. The highest BCUT2D eigenvalue weighted by molar-refractivity contribution is 7.12. The Kier molecular flexibility index (Phi) is 4.36. The van der Waals surface area contributed by atoms with Gasteiger partial charge < -0.3 is 10.3 Å². The van der Waals surface area contributed by atoms with Crippen molar-refractivity contribution < 1.29 is 4.79 Å². The van der Waals surface area contributed by atoms with Gasteiger partial charge in [0.1, 0.15) is 0 Å². The molecule has 0 aliphatic carbocycles. The van der Waals surface area contributed by atoms with Crippen molar-refractivity contribution in [3.63, 3.8) is 0 Å². The largest absolute Gasteiger partial charge is 0.361 e. The number of para-hydroxylation sites is 1. The van der Waals surface area contributed by atoms with E-state index >= 15 is 0 Å². The minimum absolute atomic E-state index is 0.0178. The van der Waals surface area contributed by atoms with Crippen molar-refractivity contribution in [1.29, 1.82) is 0 Å². The maximum atomic E-state index is 12.4. The number of aromatic nitrogens is 1. The van der Waals surface area contributed by atoms with Gasteiger partial charge in [0.2, 0.25) is 0 Å². The first kappa shape index (κ1) is 15.7. The lowest BCUT2D eigenvalue weighted by Gasteiger charge is -2.18. The second-order valence-electron chi connectivity index (χ2n) is 5.94. The van der Waals surface area contributed by atoms with Crippen LogP contribution in [0.25, 0.3) is 10.9 Å². The number of H-pyrrole nitrogens is 1. The zero-order chi connectivity index (χ0) is 17.1. The fourth-order valence-corrected chi connectivity index (χ4v) is 3.80. The molecule has 25 heavy (non-hydrogen) atoms. The minimum atomic E-state index is -0.0178. The van der Waals surface area contributed by atoms with Crippen molar-refractivity contribution in [3.05, 3.63) is 94.3 Å². The van der Waals surface area contributed by atoms with Crippen molar-refractivity contribution in [2.45, 2.75) is 5.92 Å². The molecule has 0 radical (unpaired) electrons. The predicted molar refractivity (Wildman–Crippen MR) is 103 cm³/mol. The van der Waals surface area contributed by atoms with Gasteiger partial charge in [-0.2, -0.15) is 0 Å². The van der Waals surface area contributed by atoms with E-state index in [0.29, 0.717) is 6.54 Å². The smallest absolute Gasteiger partial charge is 0.261 e. The van der Waals surface area contributed by atoms with Crippen LogP contribution >= 0.6 is 11.3 Å². The summed E-state index contributed by atoms with van der Waals surface area (Å²) in [5.41, 5.74) is 3.51. The molecule has 1 atom stereocenters. The first-order valence-corrected chi connectivity index (χ1v) is 9.13. The summed E-state index contributed by atoms with van der Waals surface area (Å²) in [6, 6.07) is 22.3. The molecular formula is C21H18N2OS. The average molecular weight is 346 g/mol. The van der Waals surface area contributed by atoms with Crippen LogP contribution in [0.5, 0.6) is 0 Å². The van der Waals surface area contributed by atoms with Gasteiger partial charge in [-0.05, 0) is 28.6 Å². The monoisotopic (exact) mass is 346 g/mol. The van der Waals surface area contributed by atoms with Gasteiger partial charge in [0, 0.05) is 29.6 Å². The van der Waals surface area contributed by atoms with Gasteiger partial charge in [0.25, 0.3) is 5.91 Å². The molecule has 0 spiro atoms. The molecule has 0 saturated carbocycles. The van der Waals surface area contributed by atoms with Gasteiger partial charge in [0.05, 0.1) is 4.88 Å². The molecule has 4 heteroatoms. The number of carbonyl (C=O) groups is 1. The molecule has 0 bridgehead atoms. The van der Waals surface area contributed by atoms with Crippen molar-refractivity contribution in [2.75, 3.05) is 6.54 Å². The summed E-state index contributed by atoms with van der Waals surface area (Å²) in [4.78, 5) is 16.5. The summed E-state index contributed by atoms with van der Waals surface area (Å²) in [7, 11) is 0. The lowest BCUT2D eigenvalue weighted by molar-refractivity contribution is 0.0956. The lowest BCUT2D eigenvalue weighted by atomic mass is 9.91. The van der Waals surface area contributed by atoms with Crippen molar-refractivity contribution in [1.82, 2.24) is 10.3 Å². The van der Waals surface area contributed by atoms with Crippen LogP contribution in [-0.2, 0) is 0 Å². The highest BCUT2D eigenvalue weighted by atomic mass is 32.1. The van der Waals surface area contributed by atoms with Crippen LogP contribution in [0, 0.1) is 0 Å². The Bertz CT molecular complexity index is 973. The Morgan fingerprint density at radius 3 is 2.60 bits per heavy atom. The van der Waals surface area contributed by atoms with E-state index in [1.165, 1.54) is 27.8 Å². The van der Waals surface area contributed by atoms with Crippen LogP contribution < -0.4 is 5.32 Å². The Labute approximate surface area is 150 Å². The Hall–Kier alpha value is -2.85. The molecule has 2 heterocycles. The molecule has 3 nitrogen and oxygen atoms in total. The molecule has 2 aromatic heterocycles. The number of thiophene rings is 1. The number of fused-ring (bicyclic) bond motifs is 1. The first-order valence-electron chi connectivity index (χ1n) is 8.25. The number of aromatic amines is 1. The first-order chi connectivity index (χ1) is 12.3. The third-order valence-corrected chi connectivity index (χ3v) is 5.28. The summed E-state index contributed by atoms with van der Waals surface area (Å²) in [6.07, 6.45) is 2.06. The highest BCUT2D eigenvalue weighted by Crippen LogP contribution is 2.30. The minimum Gasteiger partial charge on any atom is -0.361 e. The van der Waals surface area contributed by atoms with Gasteiger partial charge >= 0.3 is 0 Å². The second-order valence-corrected chi connectivity index (χ2v) is 6.89. The predicted octanol–water partition coefficient (Wildman–Crippen LogP) is 4.79. The number of amides is 1. The Morgan fingerprint density at radius 1 is 1.00 bits per heavy atom. The zero-order valence-corrected chi connectivity index (χ0v) is 14.4. The number of nitrogens with one attached hydrogen (secondary N) is 2. The molecule has 1 unspecified atom stereocenters. The van der Waals surface area contributed by atoms with Crippen LogP contribution in [0.3, 0.4) is 0 Å². The van der Waals surface area contributed by atoms with E-state index in [1.54, 1.807) is 0 Å². The SMILES string of the molecule is O=C(NCC(c1ccccc1)c1c[nH]c2ccccc12)c1cccs1. The van der Waals surface area contributed by atoms with E-state index < -0.39 is 0 Å². The molecule has 2 aromatic carbocycles. The molecule has 0 saturated heterocycles. The average Bonchev–Trinajstić information content (AvgIpc) is 3.33. The molecular weight excluding hydrogens is 328 g/mol. The summed E-state index contributed by atoms with van der Waals surface area (Å²) in [6.45, 7) is 0.558. The maximum Gasteiger partial charge on any atom is 0.261 e. The second kappa shape index (κ2) is 6.95. The fraction of sp³-hybridized carbons (Fsp3) is 0.0952. The van der Waals surface area contributed by atoms with E-state index in [1.807, 2.05) is 47.8 Å². The topological polar surface area (TPSA) is 44.9 Å². The number of carbonyl (C=O) groups excluding carboxylic acids is 1. The molecule has 1 amide bonds. The standard InChI is InChI=1S/C21H18N2OS/c24-21(20-11-6-12-25-20)23-13-17(15-7-2-1-3-8-15)18-14-22-19-10-5-4-9-16(18)19/h1-12,14,17,22H,13H2,(H,23,24).